The molecule has 0 aromatic heterocycles. The molecule has 1 aliphatic heterocycles. The van der Waals surface area contributed by atoms with Gasteiger partial charge in [-0.1, -0.05) is 53.2 Å². The minimum absolute atomic E-state index is 0.0757. The fraction of sp³-hybridized carbons (Fsp3) is 0.800. The largest absolute Gasteiger partial charge is 0.337 e. The average molecular weight is 252 g/mol. The first-order valence-electron chi connectivity index (χ1n) is 6.77. The SMILES string of the molecule is CC(C)(C)C1=CCN(C(=O)[C@H](N)C(C)(C)C)CC1. The van der Waals surface area contributed by atoms with Crippen LogP contribution < -0.4 is 5.73 Å². The smallest absolute Gasteiger partial charge is 0.240 e. The summed E-state index contributed by atoms with van der Waals surface area (Å²) in [5, 5.41) is 0. The Morgan fingerprint density at radius 1 is 1.28 bits per heavy atom. The van der Waals surface area contributed by atoms with Crippen molar-refractivity contribution in [3.8, 4) is 0 Å². The van der Waals surface area contributed by atoms with E-state index >= 15 is 0 Å². The summed E-state index contributed by atoms with van der Waals surface area (Å²) in [7, 11) is 0. The van der Waals surface area contributed by atoms with E-state index in [0.717, 1.165) is 13.0 Å². The Hall–Kier alpha value is -0.830. The highest BCUT2D eigenvalue weighted by Crippen LogP contribution is 2.30. The maximum atomic E-state index is 12.3. The molecule has 0 aromatic rings. The van der Waals surface area contributed by atoms with E-state index in [-0.39, 0.29) is 16.7 Å². The molecule has 0 aliphatic carbocycles. The summed E-state index contributed by atoms with van der Waals surface area (Å²) < 4.78 is 0. The van der Waals surface area contributed by atoms with Gasteiger partial charge in [0.15, 0.2) is 0 Å². The lowest BCUT2D eigenvalue weighted by atomic mass is 9.82. The summed E-state index contributed by atoms with van der Waals surface area (Å²) in [6.07, 6.45) is 3.16. The van der Waals surface area contributed by atoms with Crippen molar-refractivity contribution < 1.29 is 4.79 Å². The van der Waals surface area contributed by atoms with Gasteiger partial charge in [-0.25, -0.2) is 0 Å². The highest BCUT2D eigenvalue weighted by molar-refractivity contribution is 5.82. The molecule has 0 saturated carbocycles. The Balaban J connectivity index is 2.69. The van der Waals surface area contributed by atoms with Crippen LogP contribution in [0.4, 0.5) is 0 Å². The van der Waals surface area contributed by atoms with E-state index in [1.807, 2.05) is 25.7 Å². The van der Waals surface area contributed by atoms with Gasteiger partial charge in [0.2, 0.25) is 5.91 Å². The molecule has 0 bridgehead atoms. The Labute approximate surface area is 111 Å². The summed E-state index contributed by atoms with van der Waals surface area (Å²) in [5.74, 6) is 0.0757. The van der Waals surface area contributed by atoms with Crippen LogP contribution in [0, 0.1) is 10.8 Å². The number of hydrogen-bond acceptors (Lipinski definition) is 2. The summed E-state index contributed by atoms with van der Waals surface area (Å²) in [4.78, 5) is 14.2. The number of nitrogens with zero attached hydrogens (tertiary/aromatic N) is 1. The van der Waals surface area contributed by atoms with Gasteiger partial charge < -0.3 is 10.6 Å². The van der Waals surface area contributed by atoms with Crippen LogP contribution in [0.15, 0.2) is 11.6 Å². The third kappa shape index (κ3) is 3.58. The summed E-state index contributed by atoms with van der Waals surface area (Å²) >= 11 is 0. The van der Waals surface area contributed by atoms with Crippen LogP contribution in [0.25, 0.3) is 0 Å². The Morgan fingerprint density at radius 2 is 1.83 bits per heavy atom. The minimum atomic E-state index is -0.415. The molecule has 2 N–H and O–H groups in total. The van der Waals surface area contributed by atoms with E-state index in [1.165, 1.54) is 5.57 Å². The van der Waals surface area contributed by atoms with E-state index in [2.05, 4.69) is 26.8 Å². The fourth-order valence-electron chi connectivity index (χ4n) is 2.12. The molecule has 0 saturated heterocycles. The lowest BCUT2D eigenvalue weighted by molar-refractivity contribution is -0.134. The maximum absolute atomic E-state index is 12.3. The highest BCUT2D eigenvalue weighted by Gasteiger charge is 2.32. The van der Waals surface area contributed by atoms with E-state index in [0.29, 0.717) is 6.54 Å². The third-order valence-corrected chi connectivity index (χ3v) is 3.68. The van der Waals surface area contributed by atoms with Crippen LogP contribution in [-0.4, -0.2) is 29.9 Å². The standard InChI is InChI=1S/C15H28N2O/c1-14(2,3)11-7-9-17(10-8-11)13(18)12(16)15(4,5)6/h7,12H,8-10,16H2,1-6H3/t12-/m0/s1. The molecule has 1 atom stereocenters. The summed E-state index contributed by atoms with van der Waals surface area (Å²) in [6.45, 7) is 14.2. The molecule has 18 heavy (non-hydrogen) atoms. The van der Waals surface area contributed by atoms with Gasteiger partial charge in [0.25, 0.3) is 0 Å². The molecule has 104 valence electrons. The van der Waals surface area contributed by atoms with Crippen LogP contribution >= 0.6 is 0 Å². The van der Waals surface area contributed by atoms with Crippen molar-refractivity contribution in [3.05, 3.63) is 11.6 Å². The molecule has 0 spiro atoms. The zero-order chi connectivity index (χ0) is 14.1. The predicted molar refractivity (Wildman–Crippen MR) is 76.2 cm³/mol. The number of nitrogens with two attached hydrogens (primary N) is 1. The second kappa shape index (κ2) is 5.04. The van der Waals surface area contributed by atoms with Crippen LogP contribution in [-0.2, 0) is 4.79 Å². The Bertz CT molecular complexity index is 344. The van der Waals surface area contributed by atoms with Crippen LogP contribution in [0.2, 0.25) is 0 Å². The second-order valence-corrected chi connectivity index (χ2v) is 7.36. The van der Waals surface area contributed by atoms with Crippen molar-refractivity contribution in [2.75, 3.05) is 13.1 Å². The normalized spacial score (nSPS) is 19.5. The van der Waals surface area contributed by atoms with Crippen molar-refractivity contribution in [1.82, 2.24) is 4.90 Å². The molecule has 1 heterocycles. The number of amides is 1. The molecule has 1 aliphatic rings. The van der Waals surface area contributed by atoms with Crippen LogP contribution in [0.3, 0.4) is 0 Å². The van der Waals surface area contributed by atoms with E-state index in [1.54, 1.807) is 0 Å². The van der Waals surface area contributed by atoms with Gasteiger partial charge in [0, 0.05) is 13.1 Å². The quantitative estimate of drug-likeness (QED) is 0.729. The van der Waals surface area contributed by atoms with E-state index in [9.17, 15) is 4.79 Å². The average Bonchev–Trinajstić information content (AvgIpc) is 2.25. The molecule has 0 fully saturated rings. The molecular weight excluding hydrogens is 224 g/mol. The lowest BCUT2D eigenvalue weighted by Gasteiger charge is -2.36. The summed E-state index contributed by atoms with van der Waals surface area (Å²) in [6, 6.07) is -0.415. The van der Waals surface area contributed by atoms with Gasteiger partial charge in [-0.3, -0.25) is 4.79 Å². The molecule has 0 radical (unpaired) electrons. The molecule has 0 unspecified atom stereocenters. The fourth-order valence-corrected chi connectivity index (χ4v) is 2.12. The van der Waals surface area contributed by atoms with Gasteiger partial charge in [0.05, 0.1) is 6.04 Å². The van der Waals surface area contributed by atoms with Crippen molar-refractivity contribution in [1.29, 1.82) is 0 Å². The van der Waals surface area contributed by atoms with Gasteiger partial charge >= 0.3 is 0 Å². The molecule has 3 nitrogen and oxygen atoms in total. The third-order valence-electron chi connectivity index (χ3n) is 3.68. The van der Waals surface area contributed by atoms with E-state index < -0.39 is 6.04 Å². The minimum Gasteiger partial charge on any atom is -0.337 e. The van der Waals surface area contributed by atoms with Gasteiger partial charge in [-0.15, -0.1) is 0 Å². The first-order chi connectivity index (χ1) is 8.03. The molecular formula is C15H28N2O. The van der Waals surface area contributed by atoms with Crippen molar-refractivity contribution in [3.63, 3.8) is 0 Å². The lowest BCUT2D eigenvalue weighted by Crippen LogP contribution is -2.51. The Morgan fingerprint density at radius 3 is 2.17 bits per heavy atom. The number of carbonyl (C=O) groups excluding carboxylic acids is 1. The topological polar surface area (TPSA) is 46.3 Å². The molecule has 1 rings (SSSR count). The molecule has 1 amide bonds. The molecule has 0 aromatic carbocycles. The predicted octanol–water partition coefficient (Wildman–Crippen LogP) is 2.56. The van der Waals surface area contributed by atoms with Crippen molar-refractivity contribution >= 4 is 5.91 Å². The number of rotatable bonds is 1. The highest BCUT2D eigenvalue weighted by atomic mass is 16.2. The van der Waals surface area contributed by atoms with Crippen molar-refractivity contribution in [2.45, 2.75) is 54.0 Å². The van der Waals surface area contributed by atoms with Crippen LogP contribution in [0.1, 0.15) is 48.0 Å². The van der Waals surface area contributed by atoms with Crippen molar-refractivity contribution in [2.24, 2.45) is 16.6 Å². The first-order valence-corrected chi connectivity index (χ1v) is 6.77. The first kappa shape index (κ1) is 15.2. The van der Waals surface area contributed by atoms with E-state index in [4.69, 9.17) is 5.73 Å². The zero-order valence-corrected chi connectivity index (χ0v) is 12.7. The number of hydrogen-bond donors (Lipinski definition) is 1. The van der Waals surface area contributed by atoms with Crippen LogP contribution in [0.5, 0.6) is 0 Å². The number of carbonyl (C=O) groups is 1. The van der Waals surface area contributed by atoms with Gasteiger partial charge in [-0.2, -0.15) is 0 Å². The Kier molecular flexibility index (Phi) is 4.26. The second-order valence-electron chi connectivity index (χ2n) is 7.36. The van der Waals surface area contributed by atoms with Gasteiger partial charge in [-0.05, 0) is 17.3 Å². The molecule has 3 heteroatoms. The monoisotopic (exact) mass is 252 g/mol. The zero-order valence-electron chi connectivity index (χ0n) is 12.7. The summed E-state index contributed by atoms with van der Waals surface area (Å²) in [5.41, 5.74) is 7.51. The maximum Gasteiger partial charge on any atom is 0.240 e. The van der Waals surface area contributed by atoms with Gasteiger partial charge in [0.1, 0.15) is 0 Å².